The Balaban J connectivity index is 1.69. The highest BCUT2D eigenvalue weighted by Crippen LogP contribution is 2.24. The van der Waals surface area contributed by atoms with Crippen LogP contribution in [-0.2, 0) is 0 Å². The van der Waals surface area contributed by atoms with Crippen LogP contribution in [0.1, 0.15) is 26.3 Å². The van der Waals surface area contributed by atoms with Gasteiger partial charge < -0.3 is 10.1 Å². The Morgan fingerprint density at radius 2 is 1.66 bits per heavy atom. The number of hydrogen-bond donors (Lipinski definition) is 1. The topological polar surface area (TPSA) is 98.5 Å². The molecule has 1 N–H and O–H groups in total. The number of benzene rings is 3. The van der Waals surface area contributed by atoms with Crippen LogP contribution in [0.3, 0.4) is 0 Å². The summed E-state index contributed by atoms with van der Waals surface area (Å²) in [6.45, 7) is 1.95. The molecule has 0 atom stereocenters. The first-order valence-electron chi connectivity index (χ1n) is 8.48. The number of hydrogen-bond acceptors (Lipinski definition) is 5. The molecule has 0 bridgehead atoms. The number of ether oxygens (including phenoxy) is 1. The number of nitrogens with one attached hydrogen (secondary N) is 1. The minimum absolute atomic E-state index is 0.0368. The van der Waals surface area contributed by atoms with Gasteiger partial charge in [-0.2, -0.15) is 0 Å². The predicted molar refractivity (Wildman–Crippen MR) is 109 cm³/mol. The molecule has 0 radical (unpaired) electrons. The van der Waals surface area contributed by atoms with Crippen molar-refractivity contribution in [3.63, 3.8) is 0 Å². The van der Waals surface area contributed by atoms with Gasteiger partial charge >= 0.3 is 5.97 Å². The lowest BCUT2D eigenvalue weighted by Crippen LogP contribution is -2.12. The largest absolute Gasteiger partial charge is 0.423 e. The fraction of sp³-hybridized carbons (Fsp3) is 0.0476. The van der Waals surface area contributed by atoms with Gasteiger partial charge in [0.1, 0.15) is 5.75 Å². The Kier molecular flexibility index (Phi) is 5.90. The smallest absolute Gasteiger partial charge is 0.345 e. The van der Waals surface area contributed by atoms with Crippen LogP contribution in [0.5, 0.6) is 5.75 Å². The van der Waals surface area contributed by atoms with Gasteiger partial charge in [-0.05, 0) is 49.4 Å². The summed E-state index contributed by atoms with van der Waals surface area (Å²) < 4.78 is 5.20. The van der Waals surface area contributed by atoms with E-state index in [1.807, 2.05) is 19.1 Å². The molecule has 3 rings (SSSR count). The van der Waals surface area contributed by atoms with Crippen LogP contribution in [0.25, 0.3) is 0 Å². The summed E-state index contributed by atoms with van der Waals surface area (Å²) in [5.41, 5.74) is 1.72. The molecule has 0 aliphatic carbocycles. The maximum atomic E-state index is 12.3. The summed E-state index contributed by atoms with van der Waals surface area (Å²) in [7, 11) is 0. The van der Waals surface area contributed by atoms with Crippen LogP contribution in [0.2, 0.25) is 5.02 Å². The van der Waals surface area contributed by atoms with Crippen molar-refractivity contribution in [1.82, 2.24) is 0 Å². The number of rotatable bonds is 5. The minimum atomic E-state index is -0.837. The van der Waals surface area contributed by atoms with E-state index in [0.717, 1.165) is 11.6 Å². The van der Waals surface area contributed by atoms with Crippen LogP contribution in [0.4, 0.5) is 11.4 Å². The number of halogens is 1. The van der Waals surface area contributed by atoms with Gasteiger partial charge in [0.15, 0.2) is 0 Å². The third-order valence-corrected chi connectivity index (χ3v) is 4.35. The zero-order valence-corrected chi connectivity index (χ0v) is 16.0. The molecule has 0 spiro atoms. The normalized spacial score (nSPS) is 10.3. The number of esters is 1. The van der Waals surface area contributed by atoms with Gasteiger partial charge in [0, 0.05) is 23.4 Å². The molecule has 29 heavy (non-hydrogen) atoms. The first-order valence-corrected chi connectivity index (χ1v) is 8.85. The molecule has 1 amide bonds. The van der Waals surface area contributed by atoms with E-state index in [4.69, 9.17) is 16.3 Å². The standard InChI is InChI=1S/C21H15ClN2O5/c1-13-2-6-15(7-3-13)23-20(25)14-4-9-17(10-5-14)29-21(26)18-12-16(24(27)28)8-11-19(18)22/h2-12H,1H3,(H,23,25). The quantitative estimate of drug-likeness (QED) is 0.275. The number of anilines is 1. The van der Waals surface area contributed by atoms with Crippen LogP contribution in [0, 0.1) is 17.0 Å². The third kappa shape index (κ3) is 4.97. The average molecular weight is 411 g/mol. The van der Waals surface area contributed by atoms with E-state index >= 15 is 0 Å². The molecular weight excluding hydrogens is 396 g/mol. The monoisotopic (exact) mass is 410 g/mol. The van der Waals surface area contributed by atoms with Crippen molar-refractivity contribution < 1.29 is 19.2 Å². The van der Waals surface area contributed by atoms with Gasteiger partial charge in [0.25, 0.3) is 11.6 Å². The molecular formula is C21H15ClN2O5. The minimum Gasteiger partial charge on any atom is -0.423 e. The Bertz CT molecular complexity index is 1080. The van der Waals surface area contributed by atoms with E-state index in [9.17, 15) is 19.7 Å². The van der Waals surface area contributed by atoms with Gasteiger partial charge in [-0.15, -0.1) is 0 Å². The maximum absolute atomic E-state index is 12.3. The Morgan fingerprint density at radius 3 is 2.28 bits per heavy atom. The summed E-state index contributed by atoms with van der Waals surface area (Å²) in [6, 6.07) is 16.8. The molecule has 0 saturated heterocycles. The highest BCUT2D eigenvalue weighted by atomic mass is 35.5. The molecule has 0 fully saturated rings. The van der Waals surface area contributed by atoms with Gasteiger partial charge in [0.2, 0.25) is 0 Å². The van der Waals surface area contributed by atoms with Gasteiger partial charge in [0.05, 0.1) is 15.5 Å². The van der Waals surface area contributed by atoms with E-state index in [0.29, 0.717) is 11.3 Å². The van der Waals surface area contributed by atoms with E-state index in [2.05, 4.69) is 5.32 Å². The fourth-order valence-corrected chi connectivity index (χ4v) is 2.65. The first-order chi connectivity index (χ1) is 13.8. The van der Waals surface area contributed by atoms with E-state index in [-0.39, 0.29) is 27.9 Å². The number of nitrogens with zero attached hydrogens (tertiary/aromatic N) is 1. The Hall–Kier alpha value is -3.71. The van der Waals surface area contributed by atoms with Crippen LogP contribution < -0.4 is 10.1 Å². The van der Waals surface area contributed by atoms with Crippen LogP contribution in [-0.4, -0.2) is 16.8 Å². The van der Waals surface area contributed by atoms with E-state index in [1.165, 1.54) is 36.4 Å². The zero-order valence-electron chi connectivity index (χ0n) is 15.2. The van der Waals surface area contributed by atoms with E-state index < -0.39 is 10.9 Å². The highest BCUT2D eigenvalue weighted by molar-refractivity contribution is 6.33. The molecule has 3 aromatic carbocycles. The van der Waals surface area contributed by atoms with Crippen molar-refractivity contribution in [3.05, 3.63) is 98.6 Å². The van der Waals surface area contributed by atoms with Crippen LogP contribution in [0.15, 0.2) is 66.7 Å². The van der Waals surface area contributed by atoms with Gasteiger partial charge in [-0.1, -0.05) is 29.3 Å². The number of aryl methyl sites for hydroxylation is 1. The van der Waals surface area contributed by atoms with Crippen molar-refractivity contribution in [2.24, 2.45) is 0 Å². The maximum Gasteiger partial charge on any atom is 0.345 e. The molecule has 0 unspecified atom stereocenters. The number of nitro benzene ring substituents is 1. The SMILES string of the molecule is Cc1ccc(NC(=O)c2ccc(OC(=O)c3cc([N+](=O)[O-])ccc3Cl)cc2)cc1. The zero-order chi connectivity index (χ0) is 21.0. The summed E-state index contributed by atoms with van der Waals surface area (Å²) >= 11 is 5.94. The number of carbonyl (C=O) groups is 2. The van der Waals surface area contributed by atoms with Crippen molar-refractivity contribution in [2.45, 2.75) is 6.92 Å². The number of nitro groups is 1. The summed E-state index contributed by atoms with van der Waals surface area (Å²) in [5, 5.41) is 13.7. The van der Waals surface area contributed by atoms with Crippen LogP contribution >= 0.6 is 11.6 Å². The van der Waals surface area contributed by atoms with Gasteiger partial charge in [-0.25, -0.2) is 4.79 Å². The van der Waals surface area contributed by atoms with Crippen molar-refractivity contribution in [3.8, 4) is 5.75 Å². The average Bonchev–Trinajstić information content (AvgIpc) is 2.70. The second-order valence-electron chi connectivity index (χ2n) is 6.16. The Morgan fingerprint density at radius 1 is 1.00 bits per heavy atom. The lowest BCUT2D eigenvalue weighted by atomic mass is 10.2. The lowest BCUT2D eigenvalue weighted by Gasteiger charge is -2.08. The molecule has 0 aliphatic heterocycles. The molecule has 8 heteroatoms. The fourth-order valence-electron chi connectivity index (χ4n) is 2.46. The first kappa shape index (κ1) is 20.0. The lowest BCUT2D eigenvalue weighted by molar-refractivity contribution is -0.384. The molecule has 0 saturated carbocycles. The van der Waals surface area contributed by atoms with Crippen molar-refractivity contribution in [2.75, 3.05) is 5.32 Å². The molecule has 3 aromatic rings. The number of carbonyl (C=O) groups excluding carboxylic acids is 2. The van der Waals surface area contributed by atoms with E-state index in [1.54, 1.807) is 12.1 Å². The molecule has 0 aromatic heterocycles. The third-order valence-electron chi connectivity index (χ3n) is 4.02. The van der Waals surface area contributed by atoms with Gasteiger partial charge in [-0.3, -0.25) is 14.9 Å². The predicted octanol–water partition coefficient (Wildman–Crippen LogP) is 5.03. The molecule has 7 nitrogen and oxygen atoms in total. The number of amides is 1. The van der Waals surface area contributed by atoms with Crippen molar-refractivity contribution >= 4 is 34.9 Å². The summed E-state index contributed by atoms with van der Waals surface area (Å²) in [5.74, 6) is -0.978. The second kappa shape index (κ2) is 8.53. The molecule has 146 valence electrons. The molecule has 0 aliphatic rings. The summed E-state index contributed by atoms with van der Waals surface area (Å²) in [4.78, 5) is 34.8. The number of non-ortho nitro benzene ring substituents is 1. The second-order valence-corrected chi connectivity index (χ2v) is 6.56. The molecule has 0 heterocycles. The summed E-state index contributed by atoms with van der Waals surface area (Å²) in [6.07, 6.45) is 0. The van der Waals surface area contributed by atoms with Crippen molar-refractivity contribution in [1.29, 1.82) is 0 Å². The Labute approximate surface area is 171 Å². The highest BCUT2D eigenvalue weighted by Gasteiger charge is 2.18.